The molecule has 3 aliphatic rings. The maximum Gasteiger partial charge on any atom is 0.248 e. The van der Waals surface area contributed by atoms with Crippen LogP contribution in [0.2, 0.25) is 0 Å². The molecule has 5 heteroatoms. The lowest BCUT2D eigenvalue weighted by Gasteiger charge is -2.22. The first-order valence-electron chi connectivity index (χ1n) is 7.06. The minimum Gasteiger partial charge on any atom is -0.293 e. The first kappa shape index (κ1) is 10.5. The predicted octanol–water partition coefficient (Wildman–Crippen LogP) is 2.06. The number of aromatic nitrogens is 3. The quantitative estimate of drug-likeness (QED) is 0.857. The van der Waals surface area contributed by atoms with Crippen molar-refractivity contribution in [2.24, 2.45) is 17.8 Å². The fourth-order valence-corrected chi connectivity index (χ4v) is 3.60. The van der Waals surface area contributed by atoms with Crippen LogP contribution in [0.15, 0.2) is 0 Å². The molecular formula is C13H18N4O. The number of carbonyl (C=O) groups is 1. The van der Waals surface area contributed by atoms with Crippen LogP contribution >= 0.6 is 0 Å². The van der Waals surface area contributed by atoms with Crippen molar-refractivity contribution in [3.05, 3.63) is 5.82 Å². The maximum atomic E-state index is 12.0. The number of carbonyl (C=O) groups excluding carboxylic acids is 1. The summed E-state index contributed by atoms with van der Waals surface area (Å²) in [6.07, 6.45) is 7.41. The molecule has 3 fully saturated rings. The van der Waals surface area contributed by atoms with E-state index in [4.69, 9.17) is 0 Å². The largest absolute Gasteiger partial charge is 0.293 e. The van der Waals surface area contributed by atoms with E-state index >= 15 is 0 Å². The molecule has 2 atom stereocenters. The molecule has 1 aromatic heterocycles. The van der Waals surface area contributed by atoms with Gasteiger partial charge in [0, 0.05) is 11.8 Å². The van der Waals surface area contributed by atoms with Gasteiger partial charge in [0.05, 0.1) is 0 Å². The summed E-state index contributed by atoms with van der Waals surface area (Å²) in [7, 11) is 0. The molecule has 18 heavy (non-hydrogen) atoms. The third kappa shape index (κ3) is 1.56. The van der Waals surface area contributed by atoms with Gasteiger partial charge < -0.3 is 0 Å². The number of nitrogens with zero attached hydrogens (tertiary/aromatic N) is 2. The Balaban J connectivity index is 1.39. The fraction of sp³-hybridized carbons (Fsp3) is 0.769. The number of hydrogen-bond acceptors (Lipinski definition) is 3. The van der Waals surface area contributed by atoms with Crippen LogP contribution in [0.1, 0.15) is 50.3 Å². The molecule has 0 saturated heterocycles. The van der Waals surface area contributed by atoms with Gasteiger partial charge >= 0.3 is 0 Å². The number of fused-ring (bicyclic) bond motifs is 1. The molecule has 1 amide bonds. The van der Waals surface area contributed by atoms with Gasteiger partial charge in [0.1, 0.15) is 5.82 Å². The Kier molecular flexibility index (Phi) is 2.22. The van der Waals surface area contributed by atoms with Crippen molar-refractivity contribution in [3.8, 4) is 0 Å². The molecule has 0 bridgehead atoms. The molecule has 0 radical (unpaired) electrons. The van der Waals surface area contributed by atoms with E-state index in [1.807, 2.05) is 0 Å². The molecule has 3 saturated carbocycles. The lowest BCUT2D eigenvalue weighted by Crippen LogP contribution is -2.17. The van der Waals surface area contributed by atoms with E-state index in [9.17, 15) is 4.79 Å². The molecular weight excluding hydrogens is 228 g/mol. The molecule has 2 unspecified atom stereocenters. The number of amides is 1. The molecule has 0 spiro atoms. The molecule has 96 valence electrons. The molecule has 0 aliphatic heterocycles. The minimum atomic E-state index is 0.129. The number of nitrogens with one attached hydrogen (secondary N) is 2. The van der Waals surface area contributed by atoms with Crippen LogP contribution in [0, 0.1) is 17.8 Å². The van der Waals surface area contributed by atoms with Gasteiger partial charge in [0.25, 0.3) is 0 Å². The summed E-state index contributed by atoms with van der Waals surface area (Å²) >= 11 is 0. The first-order valence-corrected chi connectivity index (χ1v) is 7.06. The van der Waals surface area contributed by atoms with Crippen LogP contribution < -0.4 is 5.32 Å². The number of rotatable bonds is 3. The molecule has 4 rings (SSSR count). The second-order valence-electron chi connectivity index (χ2n) is 5.95. The van der Waals surface area contributed by atoms with Gasteiger partial charge in [-0.15, -0.1) is 5.10 Å². The normalized spacial score (nSPS) is 33.9. The van der Waals surface area contributed by atoms with E-state index < -0.39 is 0 Å². The van der Waals surface area contributed by atoms with Gasteiger partial charge in [-0.1, -0.05) is 12.8 Å². The van der Waals surface area contributed by atoms with Crippen molar-refractivity contribution in [2.45, 2.75) is 44.4 Å². The van der Waals surface area contributed by atoms with E-state index in [1.165, 1.54) is 38.5 Å². The molecule has 0 aromatic carbocycles. The van der Waals surface area contributed by atoms with Crippen LogP contribution in [-0.2, 0) is 4.79 Å². The third-order valence-corrected chi connectivity index (χ3v) is 4.94. The Morgan fingerprint density at radius 2 is 1.89 bits per heavy atom. The lowest BCUT2D eigenvalue weighted by molar-refractivity contribution is -0.118. The van der Waals surface area contributed by atoms with Crippen molar-refractivity contribution in [2.75, 3.05) is 5.32 Å². The molecule has 5 nitrogen and oxygen atoms in total. The predicted molar refractivity (Wildman–Crippen MR) is 65.9 cm³/mol. The van der Waals surface area contributed by atoms with Crippen molar-refractivity contribution in [3.63, 3.8) is 0 Å². The highest BCUT2D eigenvalue weighted by Gasteiger charge is 2.56. The van der Waals surface area contributed by atoms with Gasteiger partial charge in [-0.05, 0) is 37.5 Å². The Labute approximate surface area is 106 Å². The fourth-order valence-electron chi connectivity index (χ4n) is 3.60. The average Bonchev–Trinajstić information content (AvgIpc) is 2.65. The lowest BCUT2D eigenvalue weighted by atomic mass is 9.85. The van der Waals surface area contributed by atoms with Crippen LogP contribution in [-0.4, -0.2) is 21.1 Å². The highest BCUT2D eigenvalue weighted by Crippen LogP contribution is 2.57. The summed E-state index contributed by atoms with van der Waals surface area (Å²) < 4.78 is 0. The smallest absolute Gasteiger partial charge is 0.248 e. The minimum absolute atomic E-state index is 0.129. The molecule has 2 N–H and O–H groups in total. The number of anilines is 1. The SMILES string of the molecule is O=C(Nc1n[nH]c(C2CCC2)n1)C1C2CCCC21. The second kappa shape index (κ2) is 3.80. The number of aromatic amines is 1. The van der Waals surface area contributed by atoms with Crippen molar-refractivity contribution in [1.82, 2.24) is 15.2 Å². The highest BCUT2D eigenvalue weighted by molar-refractivity contribution is 5.93. The topological polar surface area (TPSA) is 70.7 Å². The van der Waals surface area contributed by atoms with E-state index in [0.29, 0.717) is 23.7 Å². The highest BCUT2D eigenvalue weighted by atomic mass is 16.2. The zero-order valence-electron chi connectivity index (χ0n) is 10.4. The second-order valence-corrected chi connectivity index (χ2v) is 5.95. The third-order valence-electron chi connectivity index (χ3n) is 4.94. The molecule has 3 aliphatic carbocycles. The summed E-state index contributed by atoms with van der Waals surface area (Å²) in [6.45, 7) is 0. The van der Waals surface area contributed by atoms with Gasteiger partial charge in [-0.2, -0.15) is 4.98 Å². The molecule has 1 heterocycles. The van der Waals surface area contributed by atoms with Gasteiger partial charge in [-0.3, -0.25) is 15.2 Å². The van der Waals surface area contributed by atoms with E-state index in [1.54, 1.807) is 0 Å². The van der Waals surface area contributed by atoms with Gasteiger partial charge in [0.2, 0.25) is 11.9 Å². The van der Waals surface area contributed by atoms with Crippen LogP contribution in [0.5, 0.6) is 0 Å². The van der Waals surface area contributed by atoms with Crippen LogP contribution in [0.3, 0.4) is 0 Å². The standard InChI is InChI=1S/C13H18N4O/c18-12(10-8-5-2-6-9(8)10)15-13-14-11(16-17-13)7-3-1-4-7/h7-10H,1-6H2,(H2,14,15,16,17,18). The Hall–Kier alpha value is -1.39. The van der Waals surface area contributed by atoms with Crippen molar-refractivity contribution in [1.29, 1.82) is 0 Å². The Morgan fingerprint density at radius 3 is 2.56 bits per heavy atom. The zero-order valence-corrected chi connectivity index (χ0v) is 10.4. The van der Waals surface area contributed by atoms with E-state index in [0.717, 1.165) is 5.82 Å². The zero-order chi connectivity index (χ0) is 12.1. The Bertz CT molecular complexity index is 469. The summed E-state index contributed by atoms with van der Waals surface area (Å²) in [6, 6.07) is 0. The molecule has 1 aromatic rings. The summed E-state index contributed by atoms with van der Waals surface area (Å²) in [5, 5.41) is 9.91. The summed E-state index contributed by atoms with van der Waals surface area (Å²) in [5.41, 5.74) is 0. The van der Waals surface area contributed by atoms with Gasteiger partial charge in [0.15, 0.2) is 0 Å². The first-order chi connectivity index (χ1) is 8.83. The van der Waals surface area contributed by atoms with E-state index in [-0.39, 0.29) is 11.8 Å². The average molecular weight is 246 g/mol. The maximum absolute atomic E-state index is 12.0. The summed E-state index contributed by atoms with van der Waals surface area (Å²) in [4.78, 5) is 16.4. The monoisotopic (exact) mass is 246 g/mol. The number of hydrogen-bond donors (Lipinski definition) is 2. The Morgan fingerprint density at radius 1 is 1.17 bits per heavy atom. The van der Waals surface area contributed by atoms with Crippen molar-refractivity contribution < 1.29 is 4.79 Å². The number of H-pyrrole nitrogens is 1. The van der Waals surface area contributed by atoms with Crippen molar-refractivity contribution >= 4 is 11.9 Å². The van der Waals surface area contributed by atoms with Crippen LogP contribution in [0.4, 0.5) is 5.95 Å². The van der Waals surface area contributed by atoms with E-state index in [2.05, 4.69) is 20.5 Å². The van der Waals surface area contributed by atoms with Gasteiger partial charge in [-0.25, -0.2) is 0 Å². The summed E-state index contributed by atoms with van der Waals surface area (Å²) in [5.74, 6) is 3.60. The van der Waals surface area contributed by atoms with Crippen LogP contribution in [0.25, 0.3) is 0 Å².